The van der Waals surface area contributed by atoms with Crippen LogP contribution in [0.5, 0.6) is 0 Å². The molecule has 0 spiro atoms. The van der Waals surface area contributed by atoms with Gasteiger partial charge in [0, 0.05) is 29.9 Å². The summed E-state index contributed by atoms with van der Waals surface area (Å²) in [6.45, 7) is 7.43. The Hall–Kier alpha value is -0.860. The van der Waals surface area contributed by atoms with Crippen molar-refractivity contribution in [3.8, 4) is 0 Å². The predicted octanol–water partition coefficient (Wildman–Crippen LogP) is 3.78. The summed E-state index contributed by atoms with van der Waals surface area (Å²) in [7, 11) is 2.01. The lowest BCUT2D eigenvalue weighted by Gasteiger charge is -2.21. The minimum Gasteiger partial charge on any atom is -0.302 e. The molecule has 2 nitrogen and oxygen atoms in total. The molecule has 3 heteroatoms. The molecule has 1 aromatic carbocycles. The second-order valence-electron chi connectivity index (χ2n) is 5.75. The second kappa shape index (κ2) is 6.35. The third kappa shape index (κ3) is 4.79. The molecule has 100 valence electrons. The largest absolute Gasteiger partial charge is 0.302 e. The Morgan fingerprint density at radius 3 is 2.44 bits per heavy atom. The topological polar surface area (TPSA) is 20.3 Å². The van der Waals surface area contributed by atoms with Gasteiger partial charge in [-0.2, -0.15) is 0 Å². The Kier molecular flexibility index (Phi) is 5.36. The fourth-order valence-corrected chi connectivity index (χ4v) is 1.86. The number of nitrogens with zero attached hydrogens (tertiary/aromatic N) is 1. The summed E-state index contributed by atoms with van der Waals surface area (Å²) in [5.74, 6) is 0.300. The van der Waals surface area contributed by atoms with Crippen LogP contribution in [-0.2, 0) is 11.3 Å². The molecule has 0 heterocycles. The smallest absolute Gasteiger partial charge is 0.139 e. The zero-order valence-electron chi connectivity index (χ0n) is 11.7. The van der Waals surface area contributed by atoms with E-state index in [0.717, 1.165) is 23.7 Å². The van der Waals surface area contributed by atoms with Crippen LogP contribution in [0.15, 0.2) is 24.3 Å². The van der Waals surface area contributed by atoms with Crippen molar-refractivity contribution >= 4 is 17.4 Å². The number of carbonyl (C=O) groups excluding carboxylic acids is 1. The summed E-state index contributed by atoms with van der Waals surface area (Å²) >= 11 is 6.11. The Morgan fingerprint density at radius 1 is 1.28 bits per heavy atom. The molecule has 0 amide bonds. The average Bonchev–Trinajstić information content (AvgIpc) is 2.27. The van der Waals surface area contributed by atoms with Crippen LogP contribution >= 0.6 is 11.6 Å². The van der Waals surface area contributed by atoms with Crippen molar-refractivity contribution in [2.75, 3.05) is 13.6 Å². The van der Waals surface area contributed by atoms with Gasteiger partial charge >= 0.3 is 0 Å². The maximum atomic E-state index is 11.8. The van der Waals surface area contributed by atoms with Crippen LogP contribution in [0.1, 0.15) is 32.8 Å². The summed E-state index contributed by atoms with van der Waals surface area (Å²) in [6.07, 6.45) is 0.588. The number of benzene rings is 1. The van der Waals surface area contributed by atoms with E-state index in [-0.39, 0.29) is 5.41 Å². The number of Topliss-reactive ketones (excluding diaryl/α,β-unsaturated/α-hetero) is 1. The molecule has 1 rings (SSSR count). The van der Waals surface area contributed by atoms with Crippen molar-refractivity contribution in [3.05, 3.63) is 34.9 Å². The van der Waals surface area contributed by atoms with Crippen molar-refractivity contribution in [2.24, 2.45) is 5.41 Å². The van der Waals surface area contributed by atoms with Gasteiger partial charge in [0.05, 0.1) is 0 Å². The van der Waals surface area contributed by atoms with Gasteiger partial charge in [-0.15, -0.1) is 0 Å². The molecule has 0 aliphatic rings. The molecule has 0 aromatic heterocycles. The minimum atomic E-state index is -0.245. The van der Waals surface area contributed by atoms with Gasteiger partial charge < -0.3 is 4.90 Å². The highest BCUT2D eigenvalue weighted by molar-refractivity contribution is 6.31. The fourth-order valence-electron chi connectivity index (χ4n) is 1.66. The van der Waals surface area contributed by atoms with Crippen LogP contribution in [0.2, 0.25) is 5.02 Å². The molecular weight excluding hydrogens is 246 g/mol. The van der Waals surface area contributed by atoms with E-state index in [1.807, 2.05) is 52.1 Å². The van der Waals surface area contributed by atoms with E-state index < -0.39 is 0 Å². The molecule has 0 unspecified atom stereocenters. The average molecular weight is 268 g/mol. The minimum absolute atomic E-state index is 0.245. The van der Waals surface area contributed by atoms with Gasteiger partial charge in [-0.05, 0) is 18.7 Å². The summed E-state index contributed by atoms with van der Waals surface area (Å²) in [6, 6.07) is 7.82. The molecule has 0 radical (unpaired) electrons. The normalized spacial score (nSPS) is 11.9. The van der Waals surface area contributed by atoms with Crippen molar-refractivity contribution in [3.63, 3.8) is 0 Å². The highest BCUT2D eigenvalue weighted by atomic mass is 35.5. The summed E-state index contributed by atoms with van der Waals surface area (Å²) in [4.78, 5) is 14.0. The molecular formula is C15H22ClNO. The van der Waals surface area contributed by atoms with E-state index in [4.69, 9.17) is 11.6 Å². The Balaban J connectivity index is 2.46. The zero-order valence-corrected chi connectivity index (χ0v) is 12.4. The quantitative estimate of drug-likeness (QED) is 0.809. The first-order valence-corrected chi connectivity index (χ1v) is 6.64. The van der Waals surface area contributed by atoms with E-state index in [2.05, 4.69) is 4.90 Å². The van der Waals surface area contributed by atoms with E-state index in [9.17, 15) is 4.79 Å². The molecule has 0 bridgehead atoms. The summed E-state index contributed by atoms with van der Waals surface area (Å²) in [5.41, 5.74) is 0.857. The zero-order chi connectivity index (χ0) is 13.8. The van der Waals surface area contributed by atoms with Crippen molar-refractivity contribution in [2.45, 2.75) is 33.7 Å². The van der Waals surface area contributed by atoms with Crippen LogP contribution in [0, 0.1) is 5.41 Å². The Bertz CT molecular complexity index is 409. The Labute approximate surface area is 115 Å². The lowest BCUT2D eigenvalue weighted by Crippen LogP contribution is -2.27. The lowest BCUT2D eigenvalue weighted by molar-refractivity contribution is -0.126. The molecule has 0 aliphatic carbocycles. The number of halogens is 1. The van der Waals surface area contributed by atoms with Crippen LogP contribution in [0.25, 0.3) is 0 Å². The molecule has 0 atom stereocenters. The second-order valence-corrected chi connectivity index (χ2v) is 6.16. The highest BCUT2D eigenvalue weighted by Crippen LogP contribution is 2.18. The van der Waals surface area contributed by atoms with Crippen molar-refractivity contribution in [1.82, 2.24) is 4.90 Å². The number of rotatable bonds is 5. The van der Waals surface area contributed by atoms with E-state index in [0.29, 0.717) is 12.2 Å². The number of carbonyl (C=O) groups is 1. The number of hydrogen-bond donors (Lipinski definition) is 0. The molecule has 0 saturated carbocycles. The molecule has 0 N–H and O–H groups in total. The van der Waals surface area contributed by atoms with Crippen molar-refractivity contribution < 1.29 is 4.79 Å². The highest BCUT2D eigenvalue weighted by Gasteiger charge is 2.20. The van der Waals surface area contributed by atoms with Crippen LogP contribution in [0.4, 0.5) is 0 Å². The monoisotopic (exact) mass is 267 g/mol. The summed E-state index contributed by atoms with van der Waals surface area (Å²) < 4.78 is 0. The van der Waals surface area contributed by atoms with Crippen LogP contribution in [0.3, 0.4) is 0 Å². The van der Waals surface area contributed by atoms with Gasteiger partial charge in [-0.3, -0.25) is 4.79 Å². The molecule has 0 saturated heterocycles. The molecule has 1 aromatic rings. The van der Waals surface area contributed by atoms with Gasteiger partial charge in [0.1, 0.15) is 5.78 Å². The summed E-state index contributed by atoms with van der Waals surface area (Å²) in [5, 5.41) is 0.784. The van der Waals surface area contributed by atoms with E-state index >= 15 is 0 Å². The van der Waals surface area contributed by atoms with Gasteiger partial charge in [0.25, 0.3) is 0 Å². The standard InChI is InChI=1S/C15H22ClNO/c1-15(2,3)14(18)9-10-17(4)11-12-7-5-6-8-13(12)16/h5-8H,9-11H2,1-4H3. The predicted molar refractivity (Wildman–Crippen MR) is 76.9 cm³/mol. The Morgan fingerprint density at radius 2 is 1.89 bits per heavy atom. The van der Waals surface area contributed by atoms with Gasteiger partial charge in [-0.1, -0.05) is 50.6 Å². The third-order valence-electron chi connectivity index (χ3n) is 2.96. The van der Waals surface area contributed by atoms with E-state index in [1.54, 1.807) is 0 Å². The number of hydrogen-bond acceptors (Lipinski definition) is 2. The molecule has 18 heavy (non-hydrogen) atoms. The maximum absolute atomic E-state index is 11.8. The lowest BCUT2D eigenvalue weighted by atomic mass is 9.89. The molecule has 0 fully saturated rings. The first kappa shape index (κ1) is 15.2. The van der Waals surface area contributed by atoms with Crippen LogP contribution in [-0.4, -0.2) is 24.3 Å². The first-order valence-electron chi connectivity index (χ1n) is 6.26. The van der Waals surface area contributed by atoms with Gasteiger partial charge in [-0.25, -0.2) is 0 Å². The number of ketones is 1. The van der Waals surface area contributed by atoms with Crippen molar-refractivity contribution in [1.29, 1.82) is 0 Å². The first-order chi connectivity index (χ1) is 8.30. The fraction of sp³-hybridized carbons (Fsp3) is 0.533. The molecule has 0 aliphatic heterocycles. The third-order valence-corrected chi connectivity index (χ3v) is 3.32. The van der Waals surface area contributed by atoms with Gasteiger partial charge in [0.15, 0.2) is 0 Å². The van der Waals surface area contributed by atoms with E-state index in [1.165, 1.54) is 0 Å². The maximum Gasteiger partial charge on any atom is 0.139 e. The van der Waals surface area contributed by atoms with Gasteiger partial charge in [0.2, 0.25) is 0 Å². The SMILES string of the molecule is CN(CCC(=O)C(C)(C)C)Cc1ccccc1Cl. The van der Waals surface area contributed by atoms with Crippen LogP contribution < -0.4 is 0 Å².